The molecule has 0 unspecified atom stereocenters. The first-order chi connectivity index (χ1) is 14.7. The lowest BCUT2D eigenvalue weighted by atomic mass is 9.79. The number of methoxy groups -OCH3 is 1. The number of carboxylic acid groups (broad SMARTS) is 1. The minimum Gasteiger partial charge on any atom is -0.475 e. The molecule has 7 nitrogen and oxygen atoms in total. The highest BCUT2D eigenvalue weighted by Gasteiger charge is 2.41. The molecule has 0 spiro atoms. The van der Waals surface area contributed by atoms with Crippen molar-refractivity contribution >= 4 is 11.9 Å². The van der Waals surface area contributed by atoms with Gasteiger partial charge in [-0.05, 0) is 18.4 Å². The number of nitrogens with zero attached hydrogens (tertiary/aromatic N) is 1. The number of ether oxygens (including phenoxy) is 2. The van der Waals surface area contributed by atoms with Crippen LogP contribution in [0.2, 0.25) is 0 Å². The maximum Gasteiger partial charge on any atom is 0.490 e. The predicted molar refractivity (Wildman–Crippen MR) is 106 cm³/mol. The molecular formula is C21H29F3N2O5. The van der Waals surface area contributed by atoms with Crippen LogP contribution in [0.3, 0.4) is 0 Å². The van der Waals surface area contributed by atoms with E-state index in [1.165, 1.54) is 5.56 Å². The fourth-order valence-corrected chi connectivity index (χ4v) is 3.90. The number of benzene rings is 1. The quantitative estimate of drug-likeness (QED) is 0.652. The third kappa shape index (κ3) is 8.12. The zero-order chi connectivity index (χ0) is 22.9. The summed E-state index contributed by atoms with van der Waals surface area (Å²) in [6.07, 6.45) is -3.03. The molecule has 0 saturated carbocycles. The summed E-state index contributed by atoms with van der Waals surface area (Å²) >= 11 is 0. The van der Waals surface area contributed by atoms with E-state index in [-0.39, 0.29) is 17.9 Å². The monoisotopic (exact) mass is 446 g/mol. The highest BCUT2D eigenvalue weighted by molar-refractivity contribution is 5.79. The second kappa shape index (κ2) is 12.0. The van der Waals surface area contributed by atoms with Crippen LogP contribution in [-0.2, 0) is 25.6 Å². The first-order valence-electron chi connectivity index (χ1n) is 10.2. The van der Waals surface area contributed by atoms with Crippen molar-refractivity contribution in [3.63, 3.8) is 0 Å². The van der Waals surface area contributed by atoms with Crippen LogP contribution in [0.25, 0.3) is 0 Å². The van der Waals surface area contributed by atoms with Crippen LogP contribution in [0.15, 0.2) is 30.3 Å². The molecule has 0 aliphatic carbocycles. The number of hydrogen-bond donors (Lipinski definition) is 2. The Bertz CT molecular complexity index is 702. The van der Waals surface area contributed by atoms with Crippen molar-refractivity contribution in [1.82, 2.24) is 10.2 Å². The third-order valence-corrected chi connectivity index (χ3v) is 5.39. The summed E-state index contributed by atoms with van der Waals surface area (Å²) < 4.78 is 42.7. The summed E-state index contributed by atoms with van der Waals surface area (Å²) in [4.78, 5) is 23.9. The lowest BCUT2D eigenvalue weighted by molar-refractivity contribution is -0.192. The van der Waals surface area contributed by atoms with Crippen LogP contribution in [-0.4, -0.2) is 74.1 Å². The largest absolute Gasteiger partial charge is 0.490 e. The average molecular weight is 446 g/mol. The first kappa shape index (κ1) is 25.1. The Hall–Kier alpha value is -2.17. The van der Waals surface area contributed by atoms with Crippen LogP contribution < -0.4 is 5.32 Å². The molecule has 2 heterocycles. The number of alkyl halides is 3. The minimum absolute atomic E-state index is 0.0548. The van der Waals surface area contributed by atoms with Crippen LogP contribution >= 0.6 is 0 Å². The van der Waals surface area contributed by atoms with Crippen LogP contribution in [0.4, 0.5) is 13.2 Å². The van der Waals surface area contributed by atoms with Gasteiger partial charge < -0.3 is 19.9 Å². The molecule has 0 aromatic heterocycles. The van der Waals surface area contributed by atoms with Gasteiger partial charge in [-0.15, -0.1) is 0 Å². The maximum atomic E-state index is 12.6. The van der Waals surface area contributed by atoms with Gasteiger partial charge in [-0.3, -0.25) is 9.69 Å². The van der Waals surface area contributed by atoms with Crippen molar-refractivity contribution in [2.75, 3.05) is 40.0 Å². The molecule has 1 amide bonds. The zero-order valence-electron chi connectivity index (χ0n) is 17.4. The number of carbonyl (C=O) groups excluding carboxylic acids is 1. The van der Waals surface area contributed by atoms with Gasteiger partial charge in [-0.25, -0.2) is 4.79 Å². The van der Waals surface area contributed by atoms with Gasteiger partial charge in [0.25, 0.3) is 0 Å². The summed E-state index contributed by atoms with van der Waals surface area (Å²) in [5, 5.41) is 10.1. The smallest absolute Gasteiger partial charge is 0.475 e. The van der Waals surface area contributed by atoms with Gasteiger partial charge in [0.05, 0.1) is 12.7 Å². The highest BCUT2D eigenvalue weighted by Crippen LogP contribution is 2.33. The Morgan fingerprint density at radius 2 is 1.94 bits per heavy atom. The number of carbonyl (C=O) groups is 2. The van der Waals surface area contributed by atoms with Crippen molar-refractivity contribution in [3.8, 4) is 0 Å². The van der Waals surface area contributed by atoms with E-state index in [0.29, 0.717) is 25.7 Å². The highest BCUT2D eigenvalue weighted by atomic mass is 19.4. The molecule has 2 aliphatic rings. The molecule has 2 N–H and O–H groups in total. The summed E-state index contributed by atoms with van der Waals surface area (Å²) in [5.74, 6) is -2.25. The average Bonchev–Trinajstić information content (AvgIpc) is 2.74. The topological polar surface area (TPSA) is 88.1 Å². The standard InChI is InChI=1S/C19H28N2O3.C2HF3O2/c1-23-12-9-20-19(22)16-8-11-24-18-7-10-21(14-17(16)18)13-15-5-3-2-4-6-15;3-2(4,5)1(6)7/h2-6,16-18H,7-14H2,1H3,(H,20,22);(H,6,7)/t16-,17-,18-;/m1./s1. The summed E-state index contributed by atoms with van der Waals surface area (Å²) in [5.41, 5.74) is 1.33. The van der Waals surface area contributed by atoms with E-state index < -0.39 is 12.1 Å². The van der Waals surface area contributed by atoms with Gasteiger partial charge in [0.1, 0.15) is 0 Å². The third-order valence-electron chi connectivity index (χ3n) is 5.39. The molecule has 3 rings (SSSR count). The number of nitrogens with one attached hydrogen (secondary N) is 1. The maximum absolute atomic E-state index is 12.6. The number of carboxylic acids is 1. The predicted octanol–water partition coefficient (Wildman–Crippen LogP) is 2.31. The molecule has 2 saturated heterocycles. The number of hydrogen-bond acceptors (Lipinski definition) is 5. The Morgan fingerprint density at radius 1 is 1.26 bits per heavy atom. The fraction of sp³-hybridized carbons (Fsp3) is 0.619. The SMILES string of the molecule is COCCNC(=O)[C@@H]1CCO[C@@H]2CCN(Cc3ccccc3)C[C@@H]21.O=C(O)C(F)(F)F. The van der Waals surface area contributed by atoms with Crippen molar-refractivity contribution < 1.29 is 37.3 Å². The van der Waals surface area contributed by atoms with Gasteiger partial charge in [0.2, 0.25) is 5.91 Å². The summed E-state index contributed by atoms with van der Waals surface area (Å²) in [6.45, 7) is 4.75. The zero-order valence-corrected chi connectivity index (χ0v) is 17.4. The second-order valence-corrected chi connectivity index (χ2v) is 7.56. The Balaban J connectivity index is 0.000000423. The molecule has 1 aromatic rings. The van der Waals surface area contributed by atoms with E-state index in [1.54, 1.807) is 7.11 Å². The Labute approximate surface area is 179 Å². The van der Waals surface area contributed by atoms with Gasteiger partial charge in [-0.1, -0.05) is 30.3 Å². The summed E-state index contributed by atoms with van der Waals surface area (Å²) in [6, 6.07) is 10.5. The lowest BCUT2D eigenvalue weighted by Gasteiger charge is -2.44. The van der Waals surface area contributed by atoms with E-state index in [1.807, 2.05) is 6.07 Å². The number of piperidine rings is 1. The number of amides is 1. The number of likely N-dealkylation sites (tertiary alicyclic amines) is 1. The van der Waals surface area contributed by atoms with Crippen LogP contribution in [0.1, 0.15) is 18.4 Å². The second-order valence-electron chi connectivity index (χ2n) is 7.56. The lowest BCUT2D eigenvalue weighted by Crippen LogP contribution is -2.53. The molecule has 10 heteroatoms. The number of rotatable bonds is 6. The van der Waals surface area contributed by atoms with Gasteiger partial charge in [0.15, 0.2) is 0 Å². The van der Waals surface area contributed by atoms with Crippen LogP contribution in [0, 0.1) is 11.8 Å². The van der Waals surface area contributed by atoms with Crippen LogP contribution in [0.5, 0.6) is 0 Å². The van der Waals surface area contributed by atoms with Crippen molar-refractivity contribution in [2.45, 2.75) is 31.7 Å². The van der Waals surface area contributed by atoms with Crippen molar-refractivity contribution in [1.29, 1.82) is 0 Å². The van der Waals surface area contributed by atoms with E-state index in [0.717, 1.165) is 32.5 Å². The Kier molecular flexibility index (Phi) is 9.73. The van der Waals surface area contributed by atoms with E-state index >= 15 is 0 Å². The fourth-order valence-electron chi connectivity index (χ4n) is 3.90. The van der Waals surface area contributed by atoms with E-state index in [2.05, 4.69) is 34.5 Å². The molecular weight excluding hydrogens is 417 g/mol. The van der Waals surface area contributed by atoms with E-state index in [4.69, 9.17) is 19.4 Å². The molecule has 31 heavy (non-hydrogen) atoms. The number of fused-ring (bicyclic) bond motifs is 1. The molecule has 3 atom stereocenters. The molecule has 174 valence electrons. The molecule has 2 fully saturated rings. The molecule has 0 bridgehead atoms. The Morgan fingerprint density at radius 3 is 2.55 bits per heavy atom. The number of halogens is 3. The normalized spacial score (nSPS) is 23.8. The van der Waals surface area contributed by atoms with E-state index in [9.17, 15) is 18.0 Å². The van der Waals surface area contributed by atoms with Gasteiger partial charge in [-0.2, -0.15) is 13.2 Å². The first-order valence-corrected chi connectivity index (χ1v) is 10.2. The molecule has 2 aliphatic heterocycles. The van der Waals surface area contributed by atoms with Gasteiger partial charge in [0, 0.05) is 51.7 Å². The summed E-state index contributed by atoms with van der Waals surface area (Å²) in [7, 11) is 1.65. The minimum atomic E-state index is -5.08. The molecule has 1 aromatic carbocycles. The van der Waals surface area contributed by atoms with Crippen molar-refractivity contribution in [3.05, 3.63) is 35.9 Å². The van der Waals surface area contributed by atoms with Gasteiger partial charge >= 0.3 is 12.1 Å². The number of aliphatic carboxylic acids is 1. The molecule has 0 radical (unpaired) electrons. The van der Waals surface area contributed by atoms with Crippen molar-refractivity contribution in [2.24, 2.45) is 11.8 Å².